The number of rotatable bonds is 7. The van der Waals surface area contributed by atoms with Crippen LogP contribution in [-0.4, -0.2) is 36.6 Å². The molecule has 5 heteroatoms. The highest BCUT2D eigenvalue weighted by atomic mass is 16.5. The van der Waals surface area contributed by atoms with Crippen molar-refractivity contribution in [2.75, 3.05) is 20.2 Å². The first-order valence-corrected chi connectivity index (χ1v) is 7.05. The second-order valence-electron chi connectivity index (χ2n) is 4.77. The van der Waals surface area contributed by atoms with Crippen LogP contribution in [0.15, 0.2) is 47.5 Å². The fraction of sp³-hybridized carbons (Fsp3) is 0.235. The van der Waals surface area contributed by atoms with Crippen LogP contribution in [0.2, 0.25) is 0 Å². The van der Waals surface area contributed by atoms with Crippen LogP contribution >= 0.6 is 0 Å². The maximum absolute atomic E-state index is 9.79. The lowest BCUT2D eigenvalue weighted by Crippen LogP contribution is -2.17. The molecule has 0 bridgehead atoms. The Morgan fingerprint density at radius 2 is 1.95 bits per heavy atom. The third kappa shape index (κ3) is 4.49. The van der Waals surface area contributed by atoms with E-state index in [2.05, 4.69) is 10.3 Å². The maximum Gasteiger partial charge on any atom is 0.128 e. The summed E-state index contributed by atoms with van der Waals surface area (Å²) >= 11 is 0. The molecule has 2 aromatic carbocycles. The molecule has 0 unspecified atom stereocenters. The predicted octanol–water partition coefficient (Wildman–Crippen LogP) is 2.32. The van der Waals surface area contributed by atoms with Gasteiger partial charge >= 0.3 is 0 Å². The second-order valence-corrected chi connectivity index (χ2v) is 4.77. The number of benzene rings is 2. The minimum atomic E-state index is 0.144. The van der Waals surface area contributed by atoms with Gasteiger partial charge in [-0.25, -0.2) is 0 Å². The van der Waals surface area contributed by atoms with E-state index in [-0.39, 0.29) is 5.75 Å². The first kappa shape index (κ1) is 15.9. The molecule has 3 N–H and O–H groups in total. The van der Waals surface area contributed by atoms with Crippen LogP contribution in [-0.2, 0) is 6.54 Å². The van der Waals surface area contributed by atoms with Gasteiger partial charge in [-0.3, -0.25) is 4.99 Å². The fourth-order valence-corrected chi connectivity index (χ4v) is 1.95. The van der Waals surface area contributed by atoms with E-state index in [1.54, 1.807) is 43.7 Å². The molecule has 0 saturated carbocycles. The molecule has 22 heavy (non-hydrogen) atoms. The number of aromatic hydroxyl groups is 2. The Hall–Kier alpha value is -2.53. The molecule has 0 atom stereocenters. The van der Waals surface area contributed by atoms with Gasteiger partial charge in [0.15, 0.2) is 0 Å². The molecule has 0 amide bonds. The maximum atomic E-state index is 9.79. The van der Waals surface area contributed by atoms with Crippen LogP contribution in [0.4, 0.5) is 0 Å². The van der Waals surface area contributed by atoms with E-state index in [0.717, 1.165) is 5.56 Å². The van der Waals surface area contributed by atoms with Crippen molar-refractivity contribution in [3.05, 3.63) is 53.6 Å². The molecule has 0 heterocycles. The summed E-state index contributed by atoms with van der Waals surface area (Å²) in [6, 6.07) is 12.3. The van der Waals surface area contributed by atoms with E-state index in [9.17, 15) is 10.2 Å². The van der Waals surface area contributed by atoms with Gasteiger partial charge in [0.2, 0.25) is 0 Å². The minimum absolute atomic E-state index is 0.144. The molecule has 2 aromatic rings. The Kier molecular flexibility index (Phi) is 5.80. The number of phenols is 2. The lowest BCUT2D eigenvalue weighted by molar-refractivity contribution is 0.407. The number of ether oxygens (including phenoxy) is 1. The van der Waals surface area contributed by atoms with Crippen molar-refractivity contribution in [2.24, 2.45) is 4.99 Å². The van der Waals surface area contributed by atoms with Gasteiger partial charge in [0.1, 0.15) is 17.2 Å². The molecule has 0 aromatic heterocycles. The zero-order valence-corrected chi connectivity index (χ0v) is 12.5. The Morgan fingerprint density at radius 3 is 2.68 bits per heavy atom. The molecule has 0 radical (unpaired) electrons. The summed E-state index contributed by atoms with van der Waals surface area (Å²) in [6.45, 7) is 1.86. The van der Waals surface area contributed by atoms with E-state index in [0.29, 0.717) is 36.7 Å². The standard InChI is InChI=1S/C17H20N2O3/c1-22-15-7-6-14(17(21)10-15)12-19-9-8-18-11-13-4-2-3-5-16(13)20/h2-7,10,12,18,20-21H,8-9,11H2,1H3. The van der Waals surface area contributed by atoms with E-state index in [1.165, 1.54) is 0 Å². The van der Waals surface area contributed by atoms with Gasteiger partial charge in [-0.2, -0.15) is 0 Å². The zero-order chi connectivity index (χ0) is 15.8. The molecular formula is C17H20N2O3. The first-order chi connectivity index (χ1) is 10.7. The summed E-state index contributed by atoms with van der Waals surface area (Å²) in [7, 11) is 1.55. The summed E-state index contributed by atoms with van der Waals surface area (Å²) in [6.07, 6.45) is 1.64. The monoisotopic (exact) mass is 300 g/mol. The molecule has 0 aliphatic carbocycles. The van der Waals surface area contributed by atoms with Crippen molar-refractivity contribution in [1.29, 1.82) is 0 Å². The fourth-order valence-electron chi connectivity index (χ4n) is 1.95. The molecule has 0 spiro atoms. The third-order valence-electron chi connectivity index (χ3n) is 3.19. The average Bonchev–Trinajstić information content (AvgIpc) is 2.53. The van der Waals surface area contributed by atoms with E-state index >= 15 is 0 Å². The van der Waals surface area contributed by atoms with Crippen LogP contribution in [0.5, 0.6) is 17.2 Å². The van der Waals surface area contributed by atoms with Gasteiger partial charge in [0, 0.05) is 36.5 Å². The minimum Gasteiger partial charge on any atom is -0.508 e. The van der Waals surface area contributed by atoms with Crippen LogP contribution in [0.25, 0.3) is 0 Å². The quantitative estimate of drug-likeness (QED) is 0.542. The first-order valence-electron chi connectivity index (χ1n) is 7.05. The smallest absolute Gasteiger partial charge is 0.128 e. The SMILES string of the molecule is COc1ccc(C=NCCNCc2ccccc2O)c(O)c1. The number of methoxy groups -OCH3 is 1. The highest BCUT2D eigenvalue weighted by molar-refractivity contribution is 5.83. The number of para-hydroxylation sites is 1. The lowest BCUT2D eigenvalue weighted by Gasteiger charge is -2.05. The van der Waals surface area contributed by atoms with Crippen LogP contribution in [0.3, 0.4) is 0 Å². The molecule has 0 aliphatic rings. The lowest BCUT2D eigenvalue weighted by atomic mass is 10.2. The van der Waals surface area contributed by atoms with Crippen molar-refractivity contribution in [2.45, 2.75) is 6.54 Å². The Bertz CT molecular complexity index is 642. The van der Waals surface area contributed by atoms with Crippen molar-refractivity contribution in [3.8, 4) is 17.2 Å². The average molecular weight is 300 g/mol. The normalized spacial score (nSPS) is 11.0. The van der Waals surface area contributed by atoms with Crippen molar-refractivity contribution in [3.63, 3.8) is 0 Å². The highest BCUT2D eigenvalue weighted by Gasteiger charge is 2.00. The van der Waals surface area contributed by atoms with Gasteiger partial charge in [-0.05, 0) is 18.2 Å². The number of aliphatic imine (C=N–C) groups is 1. The molecule has 116 valence electrons. The summed E-state index contributed by atoms with van der Waals surface area (Å²) in [4.78, 5) is 4.26. The number of hydrogen-bond acceptors (Lipinski definition) is 5. The molecule has 2 rings (SSSR count). The van der Waals surface area contributed by atoms with Crippen LogP contribution < -0.4 is 10.1 Å². The van der Waals surface area contributed by atoms with Crippen LogP contribution in [0.1, 0.15) is 11.1 Å². The Morgan fingerprint density at radius 1 is 1.14 bits per heavy atom. The van der Waals surface area contributed by atoms with Gasteiger partial charge in [0.25, 0.3) is 0 Å². The zero-order valence-electron chi connectivity index (χ0n) is 12.5. The van der Waals surface area contributed by atoms with Crippen molar-refractivity contribution in [1.82, 2.24) is 5.32 Å². The number of hydrogen-bond donors (Lipinski definition) is 3. The molecular weight excluding hydrogens is 280 g/mol. The number of nitrogens with zero attached hydrogens (tertiary/aromatic N) is 1. The molecule has 0 fully saturated rings. The van der Waals surface area contributed by atoms with E-state index in [1.807, 2.05) is 12.1 Å². The summed E-state index contributed by atoms with van der Waals surface area (Å²) in [5, 5.41) is 22.6. The van der Waals surface area contributed by atoms with Gasteiger partial charge in [-0.15, -0.1) is 0 Å². The molecule has 0 aliphatic heterocycles. The van der Waals surface area contributed by atoms with Crippen LogP contribution in [0, 0.1) is 0 Å². The van der Waals surface area contributed by atoms with E-state index < -0.39 is 0 Å². The summed E-state index contributed by atoms with van der Waals surface area (Å²) in [5.74, 6) is 1.05. The largest absolute Gasteiger partial charge is 0.508 e. The highest BCUT2D eigenvalue weighted by Crippen LogP contribution is 2.21. The molecule has 0 saturated heterocycles. The third-order valence-corrected chi connectivity index (χ3v) is 3.19. The number of phenolic OH excluding ortho intramolecular Hbond substituents is 2. The van der Waals surface area contributed by atoms with Crippen molar-refractivity contribution < 1.29 is 14.9 Å². The molecule has 5 nitrogen and oxygen atoms in total. The van der Waals surface area contributed by atoms with Gasteiger partial charge < -0.3 is 20.3 Å². The Balaban J connectivity index is 1.76. The van der Waals surface area contributed by atoms with E-state index in [4.69, 9.17) is 4.74 Å². The van der Waals surface area contributed by atoms with Gasteiger partial charge in [0.05, 0.1) is 13.7 Å². The van der Waals surface area contributed by atoms with Gasteiger partial charge in [-0.1, -0.05) is 18.2 Å². The Labute approximate surface area is 129 Å². The topological polar surface area (TPSA) is 74.1 Å². The summed E-state index contributed by atoms with van der Waals surface area (Å²) in [5.41, 5.74) is 1.51. The second kappa shape index (κ2) is 8.05. The summed E-state index contributed by atoms with van der Waals surface area (Å²) < 4.78 is 5.02. The van der Waals surface area contributed by atoms with Crippen molar-refractivity contribution >= 4 is 6.21 Å². The predicted molar refractivity (Wildman–Crippen MR) is 86.9 cm³/mol. The number of nitrogens with one attached hydrogen (secondary N) is 1.